The van der Waals surface area contributed by atoms with Crippen LogP contribution in [0.2, 0.25) is 0 Å². The molecule has 1 aromatic heterocycles. The van der Waals surface area contributed by atoms with Crippen molar-refractivity contribution >= 4 is 39.5 Å². The van der Waals surface area contributed by atoms with Crippen molar-refractivity contribution in [2.24, 2.45) is 16.5 Å². The maximum Gasteiger partial charge on any atom is 0.418 e. The highest BCUT2D eigenvalue weighted by atomic mass is 32.3. The molecule has 1 aromatic rings. The van der Waals surface area contributed by atoms with E-state index in [0.29, 0.717) is 21.1 Å². The Morgan fingerprint density at radius 1 is 1.52 bits per heavy atom. The number of nitrogens with zero attached hydrogens (tertiary/aromatic N) is 3. The number of nitrogens with two attached hydrogens (primary N) is 2. The fraction of sp³-hybridized carbons (Fsp3) is 0.417. The lowest BCUT2D eigenvalue weighted by Crippen LogP contribution is -2.38. The number of urea groups is 1. The number of aliphatic imine (C=N–C) groups is 1. The predicted octanol–water partition coefficient (Wildman–Crippen LogP) is -0.322. The van der Waals surface area contributed by atoms with E-state index < -0.39 is 28.5 Å². The zero-order valence-corrected chi connectivity index (χ0v) is 14.6. The first-order valence-corrected chi connectivity index (χ1v) is 9.27. The Balaban J connectivity index is 2.09. The third-order valence-electron chi connectivity index (χ3n) is 3.91. The Bertz CT molecular complexity index is 875. The average Bonchev–Trinajstić information content (AvgIpc) is 3.00. The number of amides is 2. The lowest BCUT2D eigenvalue weighted by atomic mass is 9.93. The molecule has 1 unspecified atom stereocenters. The second-order valence-electron chi connectivity index (χ2n) is 5.57. The van der Waals surface area contributed by atoms with Crippen LogP contribution in [0.25, 0.3) is 0 Å². The van der Waals surface area contributed by atoms with Gasteiger partial charge in [0, 0.05) is 10.4 Å². The monoisotopic (exact) mass is 389 g/mol. The number of hydrogen-bond acceptors (Lipinski definition) is 7. The van der Waals surface area contributed by atoms with Crippen molar-refractivity contribution in [3.05, 3.63) is 21.4 Å². The lowest BCUT2D eigenvalue weighted by molar-refractivity contribution is -0.121. The van der Waals surface area contributed by atoms with Gasteiger partial charge in [-0.1, -0.05) is 0 Å². The van der Waals surface area contributed by atoms with Crippen LogP contribution in [0.15, 0.2) is 10.4 Å². The summed E-state index contributed by atoms with van der Waals surface area (Å²) in [4.78, 5) is 30.3. The number of rotatable bonds is 5. The van der Waals surface area contributed by atoms with Crippen LogP contribution in [0, 0.1) is 0 Å². The molecule has 0 spiro atoms. The van der Waals surface area contributed by atoms with Crippen molar-refractivity contribution < 1.29 is 26.8 Å². The summed E-state index contributed by atoms with van der Waals surface area (Å²) < 4.78 is 35.4. The summed E-state index contributed by atoms with van der Waals surface area (Å²) in [7, 11) is -4.89. The van der Waals surface area contributed by atoms with E-state index in [1.54, 1.807) is 5.38 Å². The SMILES string of the molecule is CC(=O)[C@@H]1c2c(CN=C(N)N)csc2C2CN1C(=O)N2OS(=O)(=O)O. The van der Waals surface area contributed by atoms with E-state index in [4.69, 9.17) is 16.0 Å². The predicted molar refractivity (Wildman–Crippen MR) is 86.6 cm³/mol. The van der Waals surface area contributed by atoms with Crippen LogP contribution in [-0.2, 0) is 26.0 Å². The van der Waals surface area contributed by atoms with Crippen molar-refractivity contribution in [2.75, 3.05) is 6.54 Å². The zero-order chi connectivity index (χ0) is 18.5. The highest BCUT2D eigenvalue weighted by Gasteiger charge is 2.52. The van der Waals surface area contributed by atoms with Gasteiger partial charge in [0.25, 0.3) is 0 Å². The van der Waals surface area contributed by atoms with Crippen molar-refractivity contribution in [2.45, 2.75) is 25.6 Å². The average molecular weight is 389 g/mol. The van der Waals surface area contributed by atoms with Gasteiger partial charge in [-0.25, -0.2) is 9.79 Å². The third-order valence-corrected chi connectivity index (χ3v) is 5.40. The smallest absolute Gasteiger partial charge is 0.370 e. The normalized spacial score (nSPS) is 22.1. The van der Waals surface area contributed by atoms with Crippen LogP contribution < -0.4 is 11.5 Å². The van der Waals surface area contributed by atoms with E-state index in [1.807, 2.05) is 0 Å². The highest BCUT2D eigenvalue weighted by molar-refractivity contribution is 7.80. The summed E-state index contributed by atoms with van der Waals surface area (Å²) in [6.07, 6.45) is 0. The van der Waals surface area contributed by atoms with Gasteiger partial charge in [-0.2, -0.15) is 13.5 Å². The topological polar surface area (TPSA) is 169 Å². The van der Waals surface area contributed by atoms with Crippen molar-refractivity contribution in [1.82, 2.24) is 9.96 Å². The Morgan fingerprint density at radius 2 is 2.20 bits per heavy atom. The molecule has 0 radical (unpaired) electrons. The highest BCUT2D eigenvalue weighted by Crippen LogP contribution is 2.48. The molecule has 2 atom stereocenters. The van der Waals surface area contributed by atoms with Crippen LogP contribution in [-0.4, -0.2) is 47.3 Å². The van der Waals surface area contributed by atoms with Gasteiger partial charge >= 0.3 is 16.4 Å². The van der Waals surface area contributed by atoms with Gasteiger partial charge < -0.3 is 16.4 Å². The van der Waals surface area contributed by atoms with E-state index in [-0.39, 0.29) is 24.8 Å². The Hall–Kier alpha value is -2.22. The van der Waals surface area contributed by atoms with E-state index in [1.165, 1.54) is 23.2 Å². The number of guanidine groups is 1. The number of Topliss-reactive ketones (excluding diaryl/α,β-unsaturated/α-hetero) is 1. The molecule has 25 heavy (non-hydrogen) atoms. The second kappa shape index (κ2) is 5.94. The Morgan fingerprint density at radius 3 is 2.76 bits per heavy atom. The molecule has 11 nitrogen and oxygen atoms in total. The van der Waals surface area contributed by atoms with Gasteiger partial charge in [0.15, 0.2) is 11.7 Å². The minimum Gasteiger partial charge on any atom is -0.370 e. The lowest BCUT2D eigenvalue weighted by Gasteiger charge is -2.29. The van der Waals surface area contributed by atoms with E-state index in [0.717, 1.165) is 0 Å². The quantitative estimate of drug-likeness (QED) is 0.349. The van der Waals surface area contributed by atoms with Gasteiger partial charge in [-0.15, -0.1) is 15.6 Å². The van der Waals surface area contributed by atoms with E-state index in [2.05, 4.69) is 9.28 Å². The second-order valence-corrected chi connectivity index (χ2v) is 7.49. The van der Waals surface area contributed by atoms with E-state index >= 15 is 0 Å². The number of fused-ring (bicyclic) bond motifs is 4. The number of hydroxylamine groups is 2. The minimum atomic E-state index is -4.89. The Labute approximate surface area is 146 Å². The van der Waals surface area contributed by atoms with Crippen LogP contribution in [0.3, 0.4) is 0 Å². The van der Waals surface area contributed by atoms with Crippen LogP contribution in [0.1, 0.15) is 35.0 Å². The standard InChI is InChI=1S/C12H15N5O6S2/c1-5(18)9-8-6(2-15-11(13)14)4-24-10(8)7-3-16(9)12(19)17(7)23-25(20,21)22/h4,7,9H,2-3H2,1H3,(H4,13,14,15)(H,20,21,22)/t7?,9-/m1/s1. The first kappa shape index (κ1) is 17.6. The molecule has 3 rings (SSSR count). The summed E-state index contributed by atoms with van der Waals surface area (Å²) in [6, 6.07) is -2.49. The molecule has 136 valence electrons. The van der Waals surface area contributed by atoms with Crippen LogP contribution >= 0.6 is 11.3 Å². The molecule has 2 bridgehead atoms. The number of thiophene rings is 1. The summed E-state index contributed by atoms with van der Waals surface area (Å²) in [6.45, 7) is 1.51. The van der Waals surface area contributed by atoms with Gasteiger partial charge in [0.05, 0.1) is 13.1 Å². The molecule has 13 heteroatoms. The molecule has 5 N–H and O–H groups in total. The number of ketones is 1. The molecular formula is C12H15N5O6S2. The minimum absolute atomic E-state index is 0.0633. The van der Waals surface area contributed by atoms with E-state index in [9.17, 15) is 18.0 Å². The molecule has 1 fully saturated rings. The first-order chi connectivity index (χ1) is 11.6. The van der Waals surface area contributed by atoms with Gasteiger partial charge in [-0.05, 0) is 17.9 Å². The summed E-state index contributed by atoms with van der Waals surface area (Å²) in [5.74, 6) is -0.420. The number of hydrogen-bond donors (Lipinski definition) is 3. The Kier molecular flexibility index (Phi) is 4.18. The molecule has 3 heterocycles. The van der Waals surface area contributed by atoms with Gasteiger partial charge in [0.1, 0.15) is 12.1 Å². The summed E-state index contributed by atoms with van der Waals surface area (Å²) >= 11 is 1.24. The van der Waals surface area contributed by atoms with Crippen molar-refractivity contribution in [1.29, 1.82) is 0 Å². The van der Waals surface area contributed by atoms with Crippen LogP contribution in [0.4, 0.5) is 4.79 Å². The first-order valence-electron chi connectivity index (χ1n) is 7.03. The molecule has 0 aromatic carbocycles. The van der Waals surface area contributed by atoms with Gasteiger partial charge in [0.2, 0.25) is 0 Å². The molecule has 1 saturated heterocycles. The molecule has 2 aliphatic heterocycles. The number of carbonyl (C=O) groups excluding carboxylic acids is 2. The summed E-state index contributed by atoms with van der Waals surface area (Å²) in [5, 5.41) is 2.31. The third kappa shape index (κ3) is 3.06. The van der Waals surface area contributed by atoms with Gasteiger partial charge in [-0.3, -0.25) is 9.35 Å². The molecular weight excluding hydrogens is 374 g/mol. The molecule has 2 aliphatic rings. The maximum atomic E-state index is 12.5. The fourth-order valence-electron chi connectivity index (χ4n) is 3.05. The fourth-order valence-corrected chi connectivity index (χ4v) is 4.59. The zero-order valence-electron chi connectivity index (χ0n) is 12.9. The molecule has 2 amide bonds. The maximum absolute atomic E-state index is 12.5. The molecule has 0 aliphatic carbocycles. The number of carbonyl (C=O) groups is 2. The largest absolute Gasteiger partial charge is 0.418 e. The van der Waals surface area contributed by atoms with Crippen molar-refractivity contribution in [3.8, 4) is 0 Å². The summed E-state index contributed by atoms with van der Waals surface area (Å²) in [5.41, 5.74) is 11.9. The van der Waals surface area contributed by atoms with Crippen LogP contribution in [0.5, 0.6) is 0 Å². The molecule has 0 saturated carbocycles. The van der Waals surface area contributed by atoms with Crippen molar-refractivity contribution in [3.63, 3.8) is 0 Å².